The summed E-state index contributed by atoms with van der Waals surface area (Å²) in [5.74, 6) is 1.64. The Bertz CT molecular complexity index is 2590. The molecule has 0 aliphatic carbocycles. The smallest absolute Gasteiger partial charge is 0.321 e. The van der Waals surface area contributed by atoms with Gasteiger partial charge in [-0.3, -0.25) is 9.47 Å². The van der Waals surface area contributed by atoms with Crippen LogP contribution in [0.3, 0.4) is 0 Å². The van der Waals surface area contributed by atoms with Crippen LogP contribution in [0, 0.1) is 6.92 Å². The van der Waals surface area contributed by atoms with Crippen molar-refractivity contribution in [3.05, 3.63) is 180 Å². The van der Waals surface area contributed by atoms with Crippen molar-refractivity contribution in [3.63, 3.8) is 0 Å². The Labute approximate surface area is 352 Å². The van der Waals surface area contributed by atoms with E-state index in [0.29, 0.717) is 12.4 Å². The van der Waals surface area contributed by atoms with Crippen molar-refractivity contribution in [2.45, 2.75) is 64.8 Å². The summed E-state index contributed by atoms with van der Waals surface area (Å²) in [5.41, 5.74) is 10.1. The number of unbranched alkanes of at least 4 members (excludes halogenated alkanes) is 3. The highest BCUT2D eigenvalue weighted by Gasteiger charge is 2.42. The molecule has 0 saturated heterocycles. The molecule has 2 aromatic heterocycles. The molecule has 0 fully saturated rings. The summed E-state index contributed by atoms with van der Waals surface area (Å²) >= 11 is 0. The number of aryl methyl sites for hydroxylation is 1. The zero-order chi connectivity index (χ0) is 41.5. The molecule has 60 heavy (non-hydrogen) atoms. The van der Waals surface area contributed by atoms with Crippen LogP contribution in [0.25, 0.3) is 39.2 Å². The number of carbonyl (C=O) groups excluding carboxylic acids is 1. The van der Waals surface area contributed by atoms with Gasteiger partial charge in [0.25, 0.3) is 0 Å². The quantitative estimate of drug-likeness (QED) is 0.0824. The van der Waals surface area contributed by atoms with E-state index in [1.807, 2.05) is 33.8 Å². The number of rotatable bonds is 15. The lowest BCUT2D eigenvalue weighted by Gasteiger charge is -2.36. The molecular formula is C51H52N8O. The number of benzene rings is 6. The molecule has 1 N–H and O–H groups in total. The average Bonchev–Trinajstić information content (AvgIpc) is 3.93. The Balaban J connectivity index is 1.32. The van der Waals surface area contributed by atoms with Crippen molar-refractivity contribution in [1.29, 1.82) is 0 Å². The fourth-order valence-corrected chi connectivity index (χ4v) is 8.61. The first-order chi connectivity index (χ1) is 29.5. The Kier molecular flexibility index (Phi) is 11.9. The number of amides is 2. The first-order valence-corrected chi connectivity index (χ1v) is 21.2. The second-order valence-corrected chi connectivity index (χ2v) is 15.3. The highest BCUT2D eigenvalue weighted by molar-refractivity contribution is 5.95. The number of nitrogens with one attached hydrogen (secondary N) is 1. The highest BCUT2D eigenvalue weighted by atomic mass is 16.2. The molecule has 0 spiro atoms. The third-order valence-corrected chi connectivity index (χ3v) is 11.6. The number of hydrogen-bond acceptors (Lipinski definition) is 5. The van der Waals surface area contributed by atoms with Crippen LogP contribution in [0.15, 0.2) is 152 Å². The fourth-order valence-electron chi connectivity index (χ4n) is 8.61. The molecule has 2 heterocycles. The number of hydrogen-bond donors (Lipinski definition) is 1. The minimum Gasteiger partial charge on any atom is -0.341 e. The van der Waals surface area contributed by atoms with Crippen molar-refractivity contribution in [2.75, 3.05) is 18.5 Å². The topological polar surface area (TPSA) is 93.8 Å². The Morgan fingerprint density at radius 2 is 1.28 bits per heavy atom. The summed E-state index contributed by atoms with van der Waals surface area (Å²) in [4.78, 5) is 20.3. The zero-order valence-corrected chi connectivity index (χ0v) is 34.9. The number of nitrogens with zero attached hydrogens (tertiary/aromatic N) is 7. The van der Waals surface area contributed by atoms with Gasteiger partial charge in [-0.05, 0) is 87.8 Å². The van der Waals surface area contributed by atoms with Crippen LogP contribution in [-0.2, 0) is 12.0 Å². The molecule has 0 bridgehead atoms. The van der Waals surface area contributed by atoms with E-state index in [1.54, 1.807) is 7.05 Å². The van der Waals surface area contributed by atoms with Crippen LogP contribution in [0.2, 0.25) is 0 Å². The highest BCUT2D eigenvalue weighted by Crippen LogP contribution is 2.44. The van der Waals surface area contributed by atoms with Gasteiger partial charge in [-0.15, -0.1) is 5.10 Å². The molecule has 9 nitrogen and oxygen atoms in total. The molecule has 6 aromatic carbocycles. The molecule has 0 radical (unpaired) electrons. The van der Waals surface area contributed by atoms with Gasteiger partial charge in [0, 0.05) is 31.3 Å². The Hall–Kier alpha value is -6.87. The second-order valence-electron chi connectivity index (χ2n) is 15.3. The van der Waals surface area contributed by atoms with Crippen LogP contribution >= 0.6 is 0 Å². The largest absolute Gasteiger partial charge is 0.341 e. The SMILES string of the molecule is CCCCCN(C(=O)NC)c1ccc2nc(CCCC)n(-c3cccc(-c4ccccc4-c4nnnn4C(c4ccccc4)(c4ccccc4)c4ccccc4)c3C)c2c1. The maximum absolute atomic E-state index is 13.2. The lowest BCUT2D eigenvalue weighted by molar-refractivity contribution is 0.248. The van der Waals surface area contributed by atoms with E-state index < -0.39 is 5.54 Å². The maximum atomic E-state index is 13.2. The van der Waals surface area contributed by atoms with Gasteiger partial charge in [0.1, 0.15) is 11.4 Å². The van der Waals surface area contributed by atoms with Crippen LogP contribution in [0.1, 0.15) is 74.0 Å². The molecule has 302 valence electrons. The van der Waals surface area contributed by atoms with Gasteiger partial charge < -0.3 is 5.32 Å². The molecule has 0 unspecified atom stereocenters. The van der Waals surface area contributed by atoms with E-state index in [1.165, 1.54) is 0 Å². The first-order valence-electron chi connectivity index (χ1n) is 21.2. The number of tetrazole rings is 1. The van der Waals surface area contributed by atoms with Crippen LogP contribution in [-0.4, -0.2) is 49.4 Å². The number of anilines is 1. The summed E-state index contributed by atoms with van der Waals surface area (Å²) in [6, 6.07) is 52.5. The van der Waals surface area contributed by atoms with Crippen molar-refractivity contribution in [1.82, 2.24) is 35.1 Å². The van der Waals surface area contributed by atoms with Crippen molar-refractivity contribution in [2.24, 2.45) is 0 Å². The minimum absolute atomic E-state index is 0.115. The summed E-state index contributed by atoms with van der Waals surface area (Å²) in [7, 11) is 1.69. The average molecular weight is 793 g/mol. The number of urea groups is 1. The van der Waals surface area contributed by atoms with Gasteiger partial charge in [0.15, 0.2) is 5.82 Å². The van der Waals surface area contributed by atoms with Crippen LogP contribution in [0.5, 0.6) is 0 Å². The molecular weight excluding hydrogens is 741 g/mol. The second kappa shape index (κ2) is 18.0. The van der Waals surface area contributed by atoms with Crippen LogP contribution < -0.4 is 10.2 Å². The van der Waals surface area contributed by atoms with E-state index in [-0.39, 0.29) is 6.03 Å². The van der Waals surface area contributed by atoms with E-state index in [0.717, 1.165) is 106 Å². The summed E-state index contributed by atoms with van der Waals surface area (Å²) < 4.78 is 4.30. The standard InChI is InChI=1S/C51H52N8O/c1-5-7-20-35-57(50(60)52-4)41-33-34-45-47(36-41)58(48(53-45)32-8-6-2)46-31-21-30-42(37(46)3)43-28-18-19-29-44(43)49-54-55-56-59(49)51(38-22-12-9-13-23-38,39-24-14-10-15-25-39)40-26-16-11-17-27-40/h9-19,21-31,33-34,36H,5-8,20,32,35H2,1-4H3,(H,52,60). The van der Waals surface area contributed by atoms with Crippen LogP contribution in [0.4, 0.5) is 10.5 Å². The third kappa shape index (κ3) is 7.36. The molecule has 0 saturated carbocycles. The van der Waals surface area contributed by atoms with Gasteiger partial charge >= 0.3 is 6.03 Å². The van der Waals surface area contributed by atoms with Crippen molar-refractivity contribution in [3.8, 4) is 28.2 Å². The van der Waals surface area contributed by atoms with Crippen molar-refractivity contribution < 1.29 is 4.79 Å². The fraction of sp³-hybridized carbons (Fsp3) is 0.235. The predicted molar refractivity (Wildman–Crippen MR) is 243 cm³/mol. The molecule has 8 aromatic rings. The summed E-state index contributed by atoms with van der Waals surface area (Å²) in [5, 5.41) is 17.0. The lowest BCUT2D eigenvalue weighted by atomic mass is 9.77. The molecule has 9 heteroatoms. The normalized spacial score (nSPS) is 11.5. The molecule has 0 aliphatic heterocycles. The van der Waals surface area contributed by atoms with E-state index in [4.69, 9.17) is 15.3 Å². The Morgan fingerprint density at radius 1 is 0.683 bits per heavy atom. The van der Waals surface area contributed by atoms with E-state index in [9.17, 15) is 4.79 Å². The third-order valence-electron chi connectivity index (χ3n) is 11.6. The van der Waals surface area contributed by atoms with Gasteiger partial charge in [-0.1, -0.05) is 161 Å². The number of imidazole rings is 1. The predicted octanol–water partition coefficient (Wildman–Crippen LogP) is 11.2. The van der Waals surface area contributed by atoms with Crippen molar-refractivity contribution >= 4 is 22.8 Å². The first kappa shape index (κ1) is 39.9. The van der Waals surface area contributed by atoms with Gasteiger partial charge in [0.2, 0.25) is 0 Å². The minimum atomic E-state index is -0.896. The molecule has 8 rings (SSSR count). The molecule has 0 aliphatic rings. The maximum Gasteiger partial charge on any atom is 0.321 e. The number of aromatic nitrogens is 6. The monoisotopic (exact) mass is 792 g/mol. The Morgan fingerprint density at radius 3 is 1.90 bits per heavy atom. The van der Waals surface area contributed by atoms with E-state index >= 15 is 0 Å². The zero-order valence-electron chi connectivity index (χ0n) is 34.9. The van der Waals surface area contributed by atoms with Gasteiger partial charge in [0.05, 0.1) is 16.7 Å². The summed E-state index contributed by atoms with van der Waals surface area (Å²) in [6.45, 7) is 7.21. The van der Waals surface area contributed by atoms with Gasteiger partial charge in [-0.2, -0.15) is 0 Å². The molecule has 2 amide bonds. The molecule has 0 atom stereocenters. The van der Waals surface area contributed by atoms with Gasteiger partial charge in [-0.25, -0.2) is 14.5 Å². The van der Waals surface area contributed by atoms with E-state index in [2.05, 4.69) is 163 Å². The summed E-state index contributed by atoms with van der Waals surface area (Å²) in [6.07, 6.45) is 5.94. The number of carbonyl (C=O) groups is 1. The lowest BCUT2D eigenvalue weighted by Crippen LogP contribution is -2.39. The number of fused-ring (bicyclic) bond motifs is 1.